The first-order chi connectivity index (χ1) is 11.5. The number of rotatable bonds is 3. The van der Waals surface area contributed by atoms with Gasteiger partial charge in [0.05, 0.1) is 17.9 Å². The Kier molecular flexibility index (Phi) is 4.40. The topological polar surface area (TPSA) is 46.6 Å². The van der Waals surface area contributed by atoms with E-state index in [1.165, 1.54) is 6.92 Å². The van der Waals surface area contributed by atoms with E-state index in [9.17, 15) is 9.59 Å². The summed E-state index contributed by atoms with van der Waals surface area (Å²) in [6.07, 6.45) is 0. The number of hydrogen-bond donors (Lipinski definition) is 0. The average Bonchev–Trinajstić information content (AvgIpc) is 2.84. The molecule has 2 aromatic rings. The maximum absolute atomic E-state index is 12.9. The molecule has 1 aliphatic rings. The lowest BCUT2D eigenvalue weighted by molar-refractivity contribution is -0.122. The highest BCUT2D eigenvalue weighted by Crippen LogP contribution is 2.42. The van der Waals surface area contributed by atoms with E-state index in [2.05, 4.69) is 0 Å². The number of ether oxygens (including phenoxy) is 1. The molecule has 5 heteroatoms. The molecule has 1 aliphatic heterocycles. The van der Waals surface area contributed by atoms with Gasteiger partial charge in [0.25, 0.3) is 5.91 Å². The van der Waals surface area contributed by atoms with Crippen LogP contribution in [0.3, 0.4) is 0 Å². The molecule has 2 aromatic carbocycles. The summed E-state index contributed by atoms with van der Waals surface area (Å²) in [5, 5.41) is 0.465. The van der Waals surface area contributed by atoms with Crippen LogP contribution < -0.4 is 4.90 Å². The number of carbonyl (C=O) groups is 2. The highest BCUT2D eigenvalue weighted by atomic mass is 35.5. The quantitative estimate of drug-likeness (QED) is 0.622. The number of imide groups is 1. The maximum Gasteiger partial charge on any atom is 0.269 e. The summed E-state index contributed by atoms with van der Waals surface area (Å²) in [5.74, 6) is -0.287. The number of halogens is 1. The van der Waals surface area contributed by atoms with Crippen LogP contribution in [0.1, 0.15) is 25.0 Å². The molecule has 0 bridgehead atoms. The van der Waals surface area contributed by atoms with Crippen molar-refractivity contribution in [1.29, 1.82) is 0 Å². The largest absolute Gasteiger partial charge is 0.492 e. The van der Waals surface area contributed by atoms with Crippen LogP contribution in [0.2, 0.25) is 5.02 Å². The monoisotopic (exact) mass is 341 g/mol. The molecule has 3 rings (SSSR count). The van der Waals surface area contributed by atoms with Crippen LogP contribution in [-0.2, 0) is 14.3 Å². The lowest BCUT2D eigenvalue weighted by atomic mass is 10.0. The number of benzene rings is 2. The molecule has 0 fully saturated rings. The normalized spacial score (nSPS) is 15.3. The van der Waals surface area contributed by atoms with Crippen LogP contribution in [0.5, 0.6) is 0 Å². The minimum Gasteiger partial charge on any atom is -0.492 e. The highest BCUT2D eigenvalue weighted by molar-refractivity contribution is 6.43. The number of anilines is 1. The molecule has 0 unspecified atom stereocenters. The fraction of sp³-hybridized carbons (Fsp3) is 0.158. The van der Waals surface area contributed by atoms with Crippen molar-refractivity contribution in [2.24, 2.45) is 0 Å². The Balaban J connectivity index is 2.29. The Morgan fingerprint density at radius 2 is 1.88 bits per heavy atom. The average molecular weight is 342 g/mol. The van der Waals surface area contributed by atoms with Gasteiger partial charge in [0, 0.05) is 23.1 Å². The highest BCUT2D eigenvalue weighted by Gasteiger charge is 2.38. The van der Waals surface area contributed by atoms with Gasteiger partial charge in [-0.3, -0.25) is 9.59 Å². The fourth-order valence-corrected chi connectivity index (χ4v) is 2.97. The zero-order valence-corrected chi connectivity index (χ0v) is 14.1. The third-order valence-corrected chi connectivity index (χ3v) is 3.99. The molecular formula is C19H16ClNO3. The van der Waals surface area contributed by atoms with Crippen LogP contribution in [-0.4, -0.2) is 18.4 Å². The zero-order valence-electron chi connectivity index (χ0n) is 13.4. The second kappa shape index (κ2) is 6.49. The summed E-state index contributed by atoms with van der Waals surface area (Å²) in [7, 11) is 0. The van der Waals surface area contributed by atoms with Gasteiger partial charge in [0.15, 0.2) is 0 Å². The van der Waals surface area contributed by atoms with E-state index in [1.807, 2.05) is 37.3 Å². The molecule has 4 nitrogen and oxygen atoms in total. The van der Waals surface area contributed by atoms with E-state index in [1.54, 1.807) is 18.2 Å². The third-order valence-electron chi connectivity index (χ3n) is 3.75. The van der Waals surface area contributed by atoms with Gasteiger partial charge in [-0.25, -0.2) is 4.90 Å². The van der Waals surface area contributed by atoms with E-state index in [0.717, 1.165) is 10.5 Å². The van der Waals surface area contributed by atoms with Gasteiger partial charge in [0.1, 0.15) is 5.76 Å². The smallest absolute Gasteiger partial charge is 0.269 e. The first-order valence-electron chi connectivity index (χ1n) is 7.62. The van der Waals surface area contributed by atoms with Crippen molar-refractivity contribution in [1.82, 2.24) is 0 Å². The van der Waals surface area contributed by atoms with E-state index < -0.39 is 5.91 Å². The molecular weight excluding hydrogens is 326 g/mol. The third kappa shape index (κ3) is 2.69. The molecule has 0 aromatic heterocycles. The number of hydrogen-bond acceptors (Lipinski definition) is 3. The van der Waals surface area contributed by atoms with Crippen LogP contribution in [0.4, 0.5) is 5.69 Å². The van der Waals surface area contributed by atoms with E-state index in [0.29, 0.717) is 34.2 Å². The van der Waals surface area contributed by atoms with Crippen LogP contribution in [0, 0.1) is 0 Å². The van der Waals surface area contributed by atoms with Gasteiger partial charge in [0.2, 0.25) is 5.91 Å². The van der Waals surface area contributed by atoms with Crippen molar-refractivity contribution in [3.8, 4) is 0 Å². The molecule has 2 amide bonds. The van der Waals surface area contributed by atoms with Crippen LogP contribution >= 0.6 is 11.6 Å². The number of nitrogens with zero attached hydrogens (tertiary/aromatic N) is 1. The van der Waals surface area contributed by atoms with E-state index in [-0.39, 0.29) is 5.91 Å². The summed E-state index contributed by atoms with van der Waals surface area (Å²) in [6.45, 7) is 3.62. The standard InChI is InChI=1S/C19H16ClNO3/c1-3-24-18(13-7-5-4-6-8-13)17-15-10-9-14(20)11-16(15)21(12(2)22)19(17)23/h4-11H,3H2,1-2H3/b18-17+. The second-order valence-corrected chi connectivity index (χ2v) is 5.76. The van der Waals surface area contributed by atoms with E-state index >= 15 is 0 Å². The predicted octanol–water partition coefficient (Wildman–Crippen LogP) is 4.14. The molecule has 0 saturated heterocycles. The van der Waals surface area contributed by atoms with Gasteiger partial charge < -0.3 is 4.74 Å². The van der Waals surface area contributed by atoms with Crippen molar-refractivity contribution >= 4 is 40.4 Å². The molecule has 0 radical (unpaired) electrons. The summed E-state index contributed by atoms with van der Waals surface area (Å²) < 4.78 is 5.79. The summed E-state index contributed by atoms with van der Waals surface area (Å²) in [4.78, 5) is 26.1. The van der Waals surface area contributed by atoms with Crippen LogP contribution in [0.25, 0.3) is 11.3 Å². The Morgan fingerprint density at radius 3 is 2.50 bits per heavy atom. The Hall–Kier alpha value is -2.59. The van der Waals surface area contributed by atoms with Gasteiger partial charge in [-0.2, -0.15) is 0 Å². The summed E-state index contributed by atoms with van der Waals surface area (Å²) in [6, 6.07) is 14.5. The number of carbonyl (C=O) groups excluding carboxylic acids is 2. The minimum atomic E-state index is -0.396. The van der Waals surface area contributed by atoms with Gasteiger partial charge in [-0.15, -0.1) is 0 Å². The molecule has 0 aliphatic carbocycles. The van der Waals surface area contributed by atoms with Crippen molar-refractivity contribution in [3.05, 3.63) is 64.7 Å². The molecule has 1 heterocycles. The SMILES string of the molecule is CCO/C(=C1/C(=O)N(C(C)=O)c2cc(Cl)ccc21)c1ccccc1. The van der Waals surface area contributed by atoms with Crippen LogP contribution in [0.15, 0.2) is 48.5 Å². The predicted molar refractivity (Wildman–Crippen MR) is 94.5 cm³/mol. The number of fused-ring (bicyclic) bond motifs is 1. The second-order valence-electron chi connectivity index (χ2n) is 5.32. The molecule has 0 saturated carbocycles. The lowest BCUT2D eigenvalue weighted by Crippen LogP contribution is -2.31. The van der Waals surface area contributed by atoms with Gasteiger partial charge in [-0.1, -0.05) is 48.0 Å². The van der Waals surface area contributed by atoms with E-state index in [4.69, 9.17) is 16.3 Å². The minimum absolute atomic E-state index is 0.359. The van der Waals surface area contributed by atoms with Gasteiger partial charge in [-0.05, 0) is 19.1 Å². The fourth-order valence-electron chi connectivity index (χ4n) is 2.80. The molecule has 122 valence electrons. The Bertz CT molecular complexity index is 843. The first kappa shape index (κ1) is 16.3. The molecule has 0 atom stereocenters. The van der Waals surface area contributed by atoms with Crippen molar-refractivity contribution in [2.45, 2.75) is 13.8 Å². The van der Waals surface area contributed by atoms with Crippen molar-refractivity contribution < 1.29 is 14.3 Å². The molecule has 0 N–H and O–H groups in total. The zero-order chi connectivity index (χ0) is 17.3. The summed E-state index contributed by atoms with van der Waals surface area (Å²) in [5.41, 5.74) is 2.30. The number of amides is 2. The first-order valence-corrected chi connectivity index (χ1v) is 7.99. The van der Waals surface area contributed by atoms with Crippen molar-refractivity contribution in [2.75, 3.05) is 11.5 Å². The Morgan fingerprint density at radius 1 is 1.17 bits per heavy atom. The molecule has 24 heavy (non-hydrogen) atoms. The van der Waals surface area contributed by atoms with Crippen molar-refractivity contribution in [3.63, 3.8) is 0 Å². The Labute approximate surface area is 145 Å². The lowest BCUT2D eigenvalue weighted by Gasteiger charge is -2.13. The molecule has 0 spiro atoms. The van der Waals surface area contributed by atoms with Gasteiger partial charge >= 0.3 is 0 Å². The maximum atomic E-state index is 12.9. The summed E-state index contributed by atoms with van der Waals surface area (Å²) >= 11 is 6.05.